The molecule has 0 aliphatic heterocycles. The molecule has 3 rings (SSSR count). The summed E-state index contributed by atoms with van der Waals surface area (Å²) in [6.45, 7) is 4.62. The summed E-state index contributed by atoms with van der Waals surface area (Å²) in [7, 11) is -3.84. The third-order valence-electron chi connectivity index (χ3n) is 4.20. The molecule has 1 heterocycles. The molecule has 0 spiro atoms. The van der Waals surface area contributed by atoms with Crippen molar-refractivity contribution in [2.75, 3.05) is 6.61 Å². The number of aliphatic hydroxyl groups is 1. The molecular weight excluding hydrogens is 421 g/mol. The topological polar surface area (TPSA) is 92.2 Å². The monoisotopic (exact) mass is 441 g/mol. The number of nitrogens with zero attached hydrogens (tertiary/aromatic N) is 2. The number of aliphatic hydroxyl groups excluding tert-OH is 1. The van der Waals surface area contributed by atoms with Gasteiger partial charge in [-0.15, -0.1) is 22.6 Å². The summed E-state index contributed by atoms with van der Waals surface area (Å²) in [6.07, 6.45) is 0. The highest BCUT2D eigenvalue weighted by Crippen LogP contribution is 2.31. The Morgan fingerprint density at radius 1 is 1.11 bits per heavy atom. The number of sulfonamides is 1. The number of halogens is 2. The van der Waals surface area contributed by atoms with Gasteiger partial charge in [0.2, 0.25) is 10.0 Å². The molecule has 6 nitrogen and oxygen atoms in total. The molecule has 2 N–H and O–H groups in total. The second-order valence-electron chi connectivity index (χ2n) is 7.01. The largest absolute Gasteiger partial charge is 0.394 e. The van der Waals surface area contributed by atoms with E-state index in [1.54, 1.807) is 39.0 Å². The third-order valence-corrected chi connectivity index (χ3v) is 6.32. The predicted molar refractivity (Wildman–Crippen MR) is 113 cm³/mol. The number of rotatable bonds is 5. The first-order valence-electron chi connectivity index (χ1n) is 8.31. The SMILES string of the molecule is Cc1ccc(-c2nnc(Cl)c3ccccc23)cc1S(=O)(=O)NC(C)(C)CO.Cl. The van der Waals surface area contributed by atoms with Crippen LogP contribution >= 0.6 is 24.0 Å². The van der Waals surface area contributed by atoms with E-state index in [-0.39, 0.29) is 23.9 Å². The Morgan fingerprint density at radius 3 is 2.39 bits per heavy atom. The van der Waals surface area contributed by atoms with Crippen LogP contribution in [0, 0.1) is 6.92 Å². The second-order valence-corrected chi connectivity index (χ2v) is 9.02. The smallest absolute Gasteiger partial charge is 0.241 e. The minimum atomic E-state index is -3.84. The molecule has 2 aromatic carbocycles. The van der Waals surface area contributed by atoms with E-state index in [4.69, 9.17) is 11.6 Å². The lowest BCUT2D eigenvalue weighted by Crippen LogP contribution is -2.46. The summed E-state index contributed by atoms with van der Waals surface area (Å²) in [5, 5.41) is 19.4. The van der Waals surface area contributed by atoms with E-state index >= 15 is 0 Å². The molecule has 150 valence electrons. The molecule has 0 aliphatic carbocycles. The predicted octanol–water partition coefficient (Wildman–Crippen LogP) is 3.73. The summed E-state index contributed by atoms with van der Waals surface area (Å²) in [4.78, 5) is 0.127. The maximum Gasteiger partial charge on any atom is 0.241 e. The second kappa shape index (κ2) is 8.31. The normalized spacial score (nSPS) is 12.0. The first kappa shape index (κ1) is 22.5. The lowest BCUT2D eigenvalue weighted by Gasteiger charge is -2.24. The van der Waals surface area contributed by atoms with E-state index in [2.05, 4.69) is 14.9 Å². The van der Waals surface area contributed by atoms with Gasteiger partial charge < -0.3 is 5.11 Å². The summed E-state index contributed by atoms with van der Waals surface area (Å²) in [5.41, 5.74) is 0.774. The van der Waals surface area contributed by atoms with E-state index in [0.717, 1.165) is 10.8 Å². The Bertz CT molecular complexity index is 1120. The van der Waals surface area contributed by atoms with Crippen molar-refractivity contribution in [3.8, 4) is 11.3 Å². The van der Waals surface area contributed by atoms with Gasteiger partial charge in [-0.25, -0.2) is 13.1 Å². The molecule has 1 aromatic heterocycles. The molecule has 28 heavy (non-hydrogen) atoms. The van der Waals surface area contributed by atoms with Gasteiger partial charge in [-0.3, -0.25) is 0 Å². The molecular formula is C19H21Cl2N3O3S. The van der Waals surface area contributed by atoms with Crippen molar-refractivity contribution in [3.63, 3.8) is 0 Å². The van der Waals surface area contributed by atoms with Gasteiger partial charge in [0.25, 0.3) is 0 Å². The fourth-order valence-corrected chi connectivity index (χ4v) is 4.65. The van der Waals surface area contributed by atoms with Crippen molar-refractivity contribution in [1.82, 2.24) is 14.9 Å². The van der Waals surface area contributed by atoms with Crippen LogP contribution in [0.4, 0.5) is 0 Å². The van der Waals surface area contributed by atoms with Crippen LogP contribution in [-0.2, 0) is 10.0 Å². The summed E-state index contributed by atoms with van der Waals surface area (Å²) in [5.74, 6) is 0. The maximum absolute atomic E-state index is 12.8. The Morgan fingerprint density at radius 2 is 1.75 bits per heavy atom. The van der Waals surface area contributed by atoms with Crippen LogP contribution < -0.4 is 4.72 Å². The molecule has 0 saturated heterocycles. The molecule has 0 amide bonds. The number of fused-ring (bicyclic) bond motifs is 1. The number of nitrogens with one attached hydrogen (secondary N) is 1. The number of aromatic nitrogens is 2. The lowest BCUT2D eigenvalue weighted by atomic mass is 10.0. The average Bonchev–Trinajstić information content (AvgIpc) is 2.62. The number of hydrogen-bond donors (Lipinski definition) is 2. The molecule has 9 heteroatoms. The van der Waals surface area contributed by atoms with E-state index in [1.165, 1.54) is 0 Å². The number of aryl methyl sites for hydroxylation is 1. The van der Waals surface area contributed by atoms with Crippen molar-refractivity contribution in [1.29, 1.82) is 0 Å². The quantitative estimate of drug-likeness (QED) is 0.628. The van der Waals surface area contributed by atoms with Crippen molar-refractivity contribution < 1.29 is 13.5 Å². The highest BCUT2D eigenvalue weighted by molar-refractivity contribution is 7.89. The van der Waals surface area contributed by atoms with Crippen LogP contribution in [0.2, 0.25) is 5.15 Å². The molecule has 3 aromatic rings. The van der Waals surface area contributed by atoms with Crippen LogP contribution in [0.3, 0.4) is 0 Å². The van der Waals surface area contributed by atoms with Crippen LogP contribution in [-0.4, -0.2) is 35.9 Å². The standard InChI is InChI=1S/C19H20ClN3O3S.ClH/c1-12-8-9-13(10-16(12)27(25,26)23-19(2,3)11-24)17-14-6-4-5-7-15(14)18(20)22-21-17;/h4-10,23-24H,11H2,1-3H3;1H. The number of hydrogen-bond acceptors (Lipinski definition) is 5. The summed E-state index contributed by atoms with van der Waals surface area (Å²) < 4.78 is 28.2. The molecule has 0 unspecified atom stereocenters. The van der Waals surface area contributed by atoms with Crippen LogP contribution in [0.15, 0.2) is 47.4 Å². The van der Waals surface area contributed by atoms with Gasteiger partial charge in [-0.05, 0) is 32.4 Å². The lowest BCUT2D eigenvalue weighted by molar-refractivity contribution is 0.208. The molecule has 0 atom stereocenters. The Balaban J connectivity index is 0.00000280. The van der Waals surface area contributed by atoms with Gasteiger partial charge in [0.05, 0.1) is 17.0 Å². The Kier molecular flexibility index (Phi) is 6.68. The molecule has 0 aliphatic rings. The molecule has 0 bridgehead atoms. The maximum atomic E-state index is 12.8. The highest BCUT2D eigenvalue weighted by atomic mass is 35.5. The van der Waals surface area contributed by atoms with Gasteiger partial charge in [0.1, 0.15) is 5.69 Å². The Labute approximate surface area is 175 Å². The summed E-state index contributed by atoms with van der Waals surface area (Å²) in [6, 6.07) is 12.5. The first-order chi connectivity index (χ1) is 12.6. The fraction of sp³-hybridized carbons (Fsp3) is 0.263. The van der Waals surface area contributed by atoms with Gasteiger partial charge in [-0.2, -0.15) is 0 Å². The van der Waals surface area contributed by atoms with Crippen molar-refractivity contribution in [2.45, 2.75) is 31.2 Å². The van der Waals surface area contributed by atoms with Gasteiger partial charge in [-0.1, -0.05) is 48.0 Å². The van der Waals surface area contributed by atoms with Gasteiger partial charge in [0, 0.05) is 16.3 Å². The van der Waals surface area contributed by atoms with Crippen molar-refractivity contribution in [3.05, 3.63) is 53.2 Å². The van der Waals surface area contributed by atoms with Crippen LogP contribution in [0.25, 0.3) is 22.0 Å². The first-order valence-corrected chi connectivity index (χ1v) is 10.2. The average molecular weight is 442 g/mol. The minimum absolute atomic E-state index is 0. The van der Waals surface area contributed by atoms with Crippen molar-refractivity contribution >= 4 is 44.8 Å². The highest BCUT2D eigenvalue weighted by Gasteiger charge is 2.27. The van der Waals surface area contributed by atoms with E-state index in [0.29, 0.717) is 22.0 Å². The van der Waals surface area contributed by atoms with E-state index < -0.39 is 15.6 Å². The summed E-state index contributed by atoms with van der Waals surface area (Å²) >= 11 is 6.13. The third kappa shape index (κ3) is 4.45. The van der Waals surface area contributed by atoms with Crippen molar-refractivity contribution in [2.24, 2.45) is 0 Å². The zero-order valence-corrected chi connectivity index (χ0v) is 18.0. The molecule has 0 radical (unpaired) electrons. The zero-order valence-electron chi connectivity index (χ0n) is 15.6. The number of benzene rings is 2. The Hall–Kier alpha value is -1.77. The van der Waals surface area contributed by atoms with Crippen LogP contribution in [0.5, 0.6) is 0 Å². The van der Waals surface area contributed by atoms with E-state index in [1.807, 2.05) is 24.3 Å². The fourth-order valence-electron chi connectivity index (χ4n) is 2.77. The van der Waals surface area contributed by atoms with Gasteiger partial charge in [0.15, 0.2) is 5.15 Å². The van der Waals surface area contributed by atoms with E-state index in [9.17, 15) is 13.5 Å². The zero-order chi connectivity index (χ0) is 19.8. The minimum Gasteiger partial charge on any atom is -0.394 e. The molecule has 0 fully saturated rings. The molecule has 0 saturated carbocycles. The van der Waals surface area contributed by atoms with Gasteiger partial charge >= 0.3 is 0 Å². The van der Waals surface area contributed by atoms with Crippen LogP contribution in [0.1, 0.15) is 19.4 Å².